The highest BCUT2D eigenvalue weighted by Gasteiger charge is 2.23. The van der Waals surface area contributed by atoms with Crippen LogP contribution >= 0.6 is 23.4 Å². The molecule has 1 atom stereocenters. The van der Waals surface area contributed by atoms with Gasteiger partial charge in [-0.25, -0.2) is 21.8 Å². The van der Waals surface area contributed by atoms with E-state index in [1.807, 2.05) is 72.5 Å². The second-order valence-corrected chi connectivity index (χ2v) is 20.9. The molecule has 0 aliphatic carbocycles. The van der Waals surface area contributed by atoms with Gasteiger partial charge in [-0.2, -0.15) is 0 Å². The Morgan fingerprint density at radius 2 is 1.50 bits per heavy atom. The van der Waals surface area contributed by atoms with E-state index in [9.17, 15) is 21.9 Å². The summed E-state index contributed by atoms with van der Waals surface area (Å²) in [5.41, 5.74) is 7.16. The first-order valence-electron chi connectivity index (χ1n) is 21.8. The molecule has 0 amide bonds. The molecule has 8 rings (SSSR count). The predicted octanol–water partition coefficient (Wildman–Crippen LogP) is 8.69. The monoisotopic (exact) mass is 938 g/mol. The lowest BCUT2D eigenvalue weighted by Gasteiger charge is -2.37. The number of hydrogen-bond acceptors (Lipinski definition) is 10. The van der Waals surface area contributed by atoms with E-state index in [0.717, 1.165) is 111 Å². The molecule has 0 radical (unpaired) electrons. The van der Waals surface area contributed by atoms with Gasteiger partial charge in [0.25, 0.3) is 10.0 Å². The standard InChI is InChI=1S/C49H55ClN6O5S3/c1-53-35-51-48(49(53)38-12-15-40(50)16-13-38)39-6-5-7-43(32-39)56-30-28-55(29-31-56)42-19-17-41(18-20-42)52-64(60,61)46-21-14-37(47(33-46)63(58)59)11-10-36(34-62-45-8-3-2-4-9-45)22-25-54-26-23-44(57)24-27-54/h2-9,12-21,32-33,35-36,44,52,57,63H,10-11,22-31,34H2,1H3/t36-/m1/s1. The molecular weight excluding hydrogens is 884 g/mol. The number of benzene rings is 5. The lowest BCUT2D eigenvalue weighted by atomic mass is 9.97. The second kappa shape index (κ2) is 21.0. The highest BCUT2D eigenvalue weighted by molar-refractivity contribution is 7.99. The summed E-state index contributed by atoms with van der Waals surface area (Å²) in [5, 5.41) is 10.7. The number of nitrogens with one attached hydrogen (secondary N) is 1. The maximum Gasteiger partial charge on any atom is 0.261 e. The Morgan fingerprint density at radius 3 is 2.20 bits per heavy atom. The number of piperidine rings is 1. The van der Waals surface area contributed by atoms with Crippen LogP contribution in [-0.4, -0.2) is 94.1 Å². The first-order valence-corrected chi connectivity index (χ1v) is 25.9. The number of thiol groups is 1. The molecule has 2 aliphatic rings. The number of hydrogen-bond donors (Lipinski definition) is 3. The number of aliphatic hydroxyl groups excluding tert-OH is 1. The average molecular weight is 940 g/mol. The van der Waals surface area contributed by atoms with Gasteiger partial charge < -0.3 is 24.4 Å². The zero-order valence-electron chi connectivity index (χ0n) is 35.9. The molecule has 2 aliphatic heterocycles. The molecule has 0 spiro atoms. The number of likely N-dealkylation sites (tertiary alicyclic amines) is 1. The van der Waals surface area contributed by atoms with Crippen LogP contribution in [0, 0.1) is 5.92 Å². The molecule has 336 valence electrons. The fourth-order valence-corrected chi connectivity index (χ4v) is 11.7. The van der Waals surface area contributed by atoms with Gasteiger partial charge in [-0.15, -0.1) is 11.8 Å². The van der Waals surface area contributed by atoms with Crippen molar-refractivity contribution < 1.29 is 21.9 Å². The molecule has 2 N–H and O–H groups in total. The predicted molar refractivity (Wildman–Crippen MR) is 261 cm³/mol. The highest BCUT2D eigenvalue weighted by atomic mass is 35.5. The van der Waals surface area contributed by atoms with E-state index in [2.05, 4.69) is 55.8 Å². The van der Waals surface area contributed by atoms with Crippen molar-refractivity contribution in [1.82, 2.24) is 14.5 Å². The SMILES string of the molecule is Cn1cnc(-c2cccc(N3CCN(c4ccc(NS(=O)(=O)c5ccc(CC[C@H](CCN6CCC(O)CC6)CSc6ccccc6)c([SH](=O)=O)c5)cc4)CC3)c2)c1-c1ccc(Cl)cc1. The zero-order valence-corrected chi connectivity index (χ0v) is 39.2. The van der Waals surface area contributed by atoms with E-state index in [4.69, 9.17) is 16.6 Å². The van der Waals surface area contributed by atoms with Crippen molar-refractivity contribution in [2.45, 2.75) is 52.9 Å². The second-order valence-electron chi connectivity index (χ2n) is 16.7. The molecule has 2 fully saturated rings. The van der Waals surface area contributed by atoms with Crippen LogP contribution in [0.1, 0.15) is 31.2 Å². The summed E-state index contributed by atoms with van der Waals surface area (Å²) in [6.45, 7) is 5.87. The topological polar surface area (TPSA) is 128 Å². The van der Waals surface area contributed by atoms with Crippen molar-refractivity contribution in [3.05, 3.63) is 138 Å². The number of nitrogens with zero attached hydrogens (tertiary/aromatic N) is 5. The van der Waals surface area contributed by atoms with Crippen molar-refractivity contribution in [2.24, 2.45) is 13.0 Å². The number of aryl methyl sites for hydroxylation is 2. The summed E-state index contributed by atoms with van der Waals surface area (Å²) in [6, 6.07) is 38.3. The fraction of sp³-hybridized carbons (Fsp3) is 0.327. The number of anilines is 3. The third-order valence-electron chi connectivity index (χ3n) is 12.3. The van der Waals surface area contributed by atoms with Crippen molar-refractivity contribution >= 4 is 61.2 Å². The van der Waals surface area contributed by atoms with Gasteiger partial charge in [0, 0.05) is 90.2 Å². The molecule has 15 heteroatoms. The van der Waals surface area contributed by atoms with Crippen molar-refractivity contribution in [2.75, 3.05) is 66.1 Å². The molecule has 2 saturated heterocycles. The molecule has 0 saturated carbocycles. The number of sulfonamides is 1. The quantitative estimate of drug-likeness (QED) is 0.0604. The number of rotatable bonds is 17. The Kier molecular flexibility index (Phi) is 15.0. The molecule has 0 unspecified atom stereocenters. The lowest BCUT2D eigenvalue weighted by Crippen LogP contribution is -2.46. The van der Waals surface area contributed by atoms with Gasteiger partial charge in [-0.1, -0.05) is 60.1 Å². The van der Waals surface area contributed by atoms with Gasteiger partial charge in [0.1, 0.15) is 0 Å². The maximum absolute atomic E-state index is 13.6. The summed E-state index contributed by atoms with van der Waals surface area (Å²) in [5.74, 6) is 1.21. The van der Waals surface area contributed by atoms with Crippen molar-refractivity contribution in [1.29, 1.82) is 0 Å². The molecular formula is C49H55ClN6O5S3. The Labute approximate surface area is 388 Å². The minimum absolute atomic E-state index is 0.0398. The Balaban J connectivity index is 0.875. The van der Waals surface area contributed by atoms with E-state index in [1.165, 1.54) is 17.0 Å². The van der Waals surface area contributed by atoms with Crippen LogP contribution in [0.25, 0.3) is 22.5 Å². The van der Waals surface area contributed by atoms with E-state index in [0.29, 0.717) is 28.6 Å². The first kappa shape index (κ1) is 45.7. The fourth-order valence-electron chi connectivity index (χ4n) is 8.62. The first-order chi connectivity index (χ1) is 31.0. The van der Waals surface area contributed by atoms with Crippen LogP contribution in [-0.2, 0) is 34.2 Å². The molecule has 11 nitrogen and oxygen atoms in total. The number of thioether (sulfide) groups is 1. The van der Waals surface area contributed by atoms with Gasteiger partial charge in [-0.3, -0.25) is 4.72 Å². The molecule has 6 aromatic rings. The van der Waals surface area contributed by atoms with Crippen LogP contribution in [0.2, 0.25) is 5.02 Å². The summed E-state index contributed by atoms with van der Waals surface area (Å²) in [4.78, 5) is 13.0. The zero-order chi connectivity index (χ0) is 44.6. The Hall–Kier alpha value is -4.83. The number of piperazine rings is 1. The van der Waals surface area contributed by atoms with E-state index < -0.39 is 20.7 Å². The summed E-state index contributed by atoms with van der Waals surface area (Å²) < 4.78 is 57.2. The molecule has 5 aromatic carbocycles. The van der Waals surface area contributed by atoms with Crippen LogP contribution in [0.15, 0.2) is 142 Å². The number of imidazole rings is 1. The smallest absolute Gasteiger partial charge is 0.261 e. The molecule has 3 heterocycles. The summed E-state index contributed by atoms with van der Waals surface area (Å²) in [7, 11) is -5.11. The van der Waals surface area contributed by atoms with Crippen molar-refractivity contribution in [3.63, 3.8) is 0 Å². The lowest BCUT2D eigenvalue weighted by molar-refractivity contribution is 0.0801. The van der Waals surface area contributed by atoms with E-state index in [1.54, 1.807) is 30.0 Å². The van der Waals surface area contributed by atoms with Crippen LogP contribution in [0.4, 0.5) is 17.1 Å². The normalized spacial score (nSPS) is 15.8. The van der Waals surface area contributed by atoms with Crippen LogP contribution in [0.3, 0.4) is 0 Å². The van der Waals surface area contributed by atoms with Gasteiger partial charge in [0.15, 0.2) is 10.7 Å². The van der Waals surface area contributed by atoms with Gasteiger partial charge in [0.2, 0.25) is 0 Å². The third-order valence-corrected chi connectivity index (χ3v) is 16.0. The van der Waals surface area contributed by atoms with Crippen LogP contribution in [0.5, 0.6) is 0 Å². The van der Waals surface area contributed by atoms with Crippen molar-refractivity contribution in [3.8, 4) is 22.5 Å². The average Bonchev–Trinajstić information content (AvgIpc) is 3.71. The Morgan fingerprint density at radius 1 is 0.797 bits per heavy atom. The largest absolute Gasteiger partial charge is 0.393 e. The van der Waals surface area contributed by atoms with E-state index in [-0.39, 0.29) is 15.9 Å². The molecule has 0 bridgehead atoms. The maximum atomic E-state index is 13.6. The number of aliphatic hydroxyl groups is 1. The van der Waals surface area contributed by atoms with Gasteiger partial charge in [0.05, 0.1) is 33.6 Å². The Bertz CT molecular complexity index is 2670. The summed E-state index contributed by atoms with van der Waals surface area (Å²) in [6.07, 6.45) is 5.43. The van der Waals surface area contributed by atoms with Crippen LogP contribution < -0.4 is 14.5 Å². The highest BCUT2D eigenvalue weighted by Crippen LogP contribution is 2.34. The molecule has 64 heavy (non-hydrogen) atoms. The summed E-state index contributed by atoms with van der Waals surface area (Å²) >= 11 is 7.97. The molecule has 1 aromatic heterocycles. The minimum Gasteiger partial charge on any atom is -0.393 e. The minimum atomic E-state index is -4.08. The number of aromatic nitrogens is 2. The third kappa shape index (κ3) is 11.5. The number of halogens is 1. The van der Waals surface area contributed by atoms with E-state index >= 15 is 0 Å². The van der Waals surface area contributed by atoms with Gasteiger partial charge in [-0.05, 0) is 123 Å². The van der Waals surface area contributed by atoms with Gasteiger partial charge >= 0.3 is 0 Å².